The molecule has 1 fully saturated rings. The van der Waals surface area contributed by atoms with Crippen molar-refractivity contribution in [2.24, 2.45) is 10.3 Å². The lowest BCUT2D eigenvalue weighted by molar-refractivity contribution is -0.123. The number of nitrogens with zero attached hydrogens (tertiary/aromatic N) is 6. The van der Waals surface area contributed by atoms with E-state index in [-0.39, 0.29) is 18.1 Å². The number of imide groups is 1. The van der Waals surface area contributed by atoms with Gasteiger partial charge in [-0.15, -0.1) is 0 Å². The number of benzene rings is 2. The molecule has 0 bridgehead atoms. The summed E-state index contributed by atoms with van der Waals surface area (Å²) in [6.45, 7) is -0.0196. The highest BCUT2D eigenvalue weighted by Crippen LogP contribution is 2.33. The summed E-state index contributed by atoms with van der Waals surface area (Å²) in [5.41, 5.74) is 0.818. The van der Waals surface area contributed by atoms with E-state index in [0.29, 0.717) is 16.4 Å². The maximum atomic E-state index is 13.6. The Bertz CT molecular complexity index is 1200. The quantitative estimate of drug-likeness (QED) is 0.594. The van der Waals surface area contributed by atoms with Crippen molar-refractivity contribution in [2.75, 3.05) is 4.90 Å². The van der Waals surface area contributed by atoms with E-state index < -0.39 is 29.7 Å². The third kappa shape index (κ3) is 3.01. The maximum Gasteiger partial charge on any atom is 0.263 e. The Balaban J connectivity index is 1.37. The van der Waals surface area contributed by atoms with Gasteiger partial charge in [-0.3, -0.25) is 14.6 Å². The van der Waals surface area contributed by atoms with Crippen molar-refractivity contribution in [1.29, 1.82) is 0 Å². The number of rotatable bonds is 4. The average molecular weight is 427 g/mol. The molecule has 0 radical (unpaired) electrons. The topological polar surface area (TPSA) is 104 Å². The van der Waals surface area contributed by atoms with Crippen molar-refractivity contribution >= 4 is 29.1 Å². The van der Waals surface area contributed by atoms with Gasteiger partial charge in [0.05, 0.1) is 5.69 Å². The first kappa shape index (κ1) is 18.4. The molecule has 2 amide bonds. The summed E-state index contributed by atoms with van der Waals surface area (Å²) < 4.78 is 18.8. The molecule has 2 aliphatic rings. The van der Waals surface area contributed by atoms with Crippen LogP contribution in [0.4, 0.5) is 10.1 Å². The van der Waals surface area contributed by atoms with Crippen LogP contribution in [0.1, 0.15) is 5.89 Å². The van der Waals surface area contributed by atoms with Crippen molar-refractivity contribution in [3.05, 3.63) is 65.3 Å². The molecule has 1 aromatic heterocycles. The number of carbonyl (C=O) groups excluding carboxylic acids is 2. The smallest absolute Gasteiger partial charge is 0.263 e. The molecule has 3 aromatic rings. The SMILES string of the molecule is O=C1[C@@H]2[C@@H](N=NN2Cc2nc(-c3cccc(Cl)c3)no2)C(=O)N1c1cccc(F)c1. The fraction of sp³-hybridized carbons (Fsp3) is 0.158. The minimum Gasteiger partial charge on any atom is -0.337 e. The molecule has 2 aliphatic heterocycles. The third-order valence-electron chi connectivity index (χ3n) is 4.77. The zero-order valence-corrected chi connectivity index (χ0v) is 15.9. The number of fused-ring (bicyclic) bond motifs is 1. The fourth-order valence-electron chi connectivity index (χ4n) is 3.43. The van der Waals surface area contributed by atoms with Gasteiger partial charge in [-0.25, -0.2) is 9.29 Å². The van der Waals surface area contributed by atoms with Gasteiger partial charge in [0.1, 0.15) is 12.4 Å². The van der Waals surface area contributed by atoms with Crippen LogP contribution in [0, 0.1) is 5.82 Å². The summed E-state index contributed by atoms with van der Waals surface area (Å²) in [5, 5.41) is 13.6. The van der Waals surface area contributed by atoms with Crippen LogP contribution in [-0.4, -0.2) is 39.0 Å². The highest BCUT2D eigenvalue weighted by Gasteiger charge is 2.55. The molecule has 0 unspecified atom stereocenters. The number of aromatic nitrogens is 2. The number of halogens is 2. The summed E-state index contributed by atoms with van der Waals surface area (Å²) in [6, 6.07) is 10.3. The molecule has 1 saturated heterocycles. The molecule has 2 atom stereocenters. The average Bonchev–Trinajstić information content (AvgIpc) is 3.41. The van der Waals surface area contributed by atoms with E-state index in [4.69, 9.17) is 16.1 Å². The number of anilines is 1. The summed E-state index contributed by atoms with van der Waals surface area (Å²) in [4.78, 5) is 30.8. The molecule has 5 rings (SSSR count). The zero-order chi connectivity index (χ0) is 20.8. The minimum absolute atomic E-state index is 0.0196. The Labute approximate surface area is 173 Å². The second-order valence-electron chi connectivity index (χ2n) is 6.71. The number of hydrogen-bond donors (Lipinski definition) is 0. The van der Waals surface area contributed by atoms with Gasteiger partial charge >= 0.3 is 0 Å². The Morgan fingerprint density at radius 1 is 1.10 bits per heavy atom. The molecule has 0 spiro atoms. The van der Waals surface area contributed by atoms with Gasteiger partial charge in [0.15, 0.2) is 12.1 Å². The van der Waals surface area contributed by atoms with Crippen LogP contribution >= 0.6 is 11.6 Å². The van der Waals surface area contributed by atoms with Crippen molar-refractivity contribution in [2.45, 2.75) is 18.6 Å². The molecule has 3 heterocycles. The fourth-order valence-corrected chi connectivity index (χ4v) is 3.62. The van der Waals surface area contributed by atoms with Gasteiger partial charge in [0, 0.05) is 10.6 Å². The Morgan fingerprint density at radius 3 is 2.73 bits per heavy atom. The summed E-state index contributed by atoms with van der Waals surface area (Å²) in [5.74, 6) is -1.14. The van der Waals surface area contributed by atoms with Crippen LogP contribution in [0.5, 0.6) is 0 Å². The van der Waals surface area contributed by atoms with Gasteiger partial charge in [-0.2, -0.15) is 10.1 Å². The zero-order valence-electron chi connectivity index (χ0n) is 15.1. The van der Waals surface area contributed by atoms with E-state index in [0.717, 1.165) is 11.0 Å². The largest absolute Gasteiger partial charge is 0.337 e. The lowest BCUT2D eigenvalue weighted by atomic mass is 10.1. The molecule has 0 aliphatic carbocycles. The molecular formula is C19H12ClFN6O3. The van der Waals surface area contributed by atoms with Crippen LogP contribution in [0.15, 0.2) is 63.4 Å². The van der Waals surface area contributed by atoms with E-state index >= 15 is 0 Å². The third-order valence-corrected chi connectivity index (χ3v) is 5.01. The molecule has 30 heavy (non-hydrogen) atoms. The van der Waals surface area contributed by atoms with E-state index in [1.54, 1.807) is 24.3 Å². The first-order valence-corrected chi connectivity index (χ1v) is 9.28. The Morgan fingerprint density at radius 2 is 1.93 bits per heavy atom. The molecule has 0 N–H and O–H groups in total. The normalized spacial score (nSPS) is 20.3. The lowest BCUT2D eigenvalue weighted by Crippen LogP contribution is -2.39. The van der Waals surface area contributed by atoms with Crippen molar-refractivity contribution < 1.29 is 18.5 Å². The van der Waals surface area contributed by atoms with Crippen LogP contribution in [0.2, 0.25) is 5.02 Å². The van der Waals surface area contributed by atoms with Gasteiger partial charge in [-0.1, -0.05) is 40.2 Å². The monoisotopic (exact) mass is 426 g/mol. The first-order chi connectivity index (χ1) is 14.5. The van der Waals surface area contributed by atoms with Crippen molar-refractivity contribution in [3.8, 4) is 11.4 Å². The second kappa shape index (κ2) is 6.99. The molecular weight excluding hydrogens is 415 g/mol. The van der Waals surface area contributed by atoms with E-state index in [1.807, 2.05) is 0 Å². The predicted octanol–water partition coefficient (Wildman–Crippen LogP) is 3.02. The van der Waals surface area contributed by atoms with Crippen LogP contribution in [-0.2, 0) is 16.1 Å². The summed E-state index contributed by atoms with van der Waals surface area (Å²) >= 11 is 5.98. The molecule has 9 nitrogen and oxygen atoms in total. The van der Waals surface area contributed by atoms with Gasteiger partial charge in [0.2, 0.25) is 11.7 Å². The molecule has 150 valence electrons. The summed E-state index contributed by atoms with van der Waals surface area (Å²) in [6.07, 6.45) is 0. The van der Waals surface area contributed by atoms with Crippen LogP contribution in [0.25, 0.3) is 11.4 Å². The maximum absolute atomic E-state index is 13.6. The van der Waals surface area contributed by atoms with Crippen molar-refractivity contribution in [3.63, 3.8) is 0 Å². The lowest BCUT2D eigenvalue weighted by Gasteiger charge is -2.19. The van der Waals surface area contributed by atoms with E-state index in [1.165, 1.54) is 23.2 Å². The van der Waals surface area contributed by atoms with Gasteiger partial charge < -0.3 is 4.52 Å². The predicted molar refractivity (Wildman–Crippen MR) is 102 cm³/mol. The van der Waals surface area contributed by atoms with Crippen LogP contribution < -0.4 is 4.90 Å². The van der Waals surface area contributed by atoms with E-state index in [2.05, 4.69) is 20.5 Å². The van der Waals surface area contributed by atoms with Gasteiger partial charge in [-0.05, 0) is 30.3 Å². The Kier molecular flexibility index (Phi) is 4.28. The number of hydrogen-bond acceptors (Lipinski definition) is 8. The molecule has 2 aromatic carbocycles. The minimum atomic E-state index is -1.00. The number of carbonyl (C=O) groups is 2. The highest BCUT2D eigenvalue weighted by molar-refractivity contribution is 6.30. The van der Waals surface area contributed by atoms with Gasteiger partial charge in [0.25, 0.3) is 11.8 Å². The highest BCUT2D eigenvalue weighted by atomic mass is 35.5. The van der Waals surface area contributed by atoms with Crippen molar-refractivity contribution in [1.82, 2.24) is 15.1 Å². The van der Waals surface area contributed by atoms with Crippen LogP contribution in [0.3, 0.4) is 0 Å². The summed E-state index contributed by atoms with van der Waals surface area (Å²) in [7, 11) is 0. The number of amides is 2. The second-order valence-corrected chi connectivity index (χ2v) is 7.14. The van der Waals surface area contributed by atoms with E-state index in [9.17, 15) is 14.0 Å². The Hall–Kier alpha value is -3.66. The first-order valence-electron chi connectivity index (χ1n) is 8.90. The molecule has 11 heteroatoms. The standard InChI is InChI=1S/C19H12ClFN6O3/c20-11-4-1-3-10(7-11)17-22-14(30-24-17)9-26-16-15(23-25-26)18(28)27(19(16)29)13-6-2-5-12(21)8-13/h1-8,15-16H,9H2/t15-,16+/m1/s1. The molecule has 0 saturated carbocycles.